The van der Waals surface area contributed by atoms with Gasteiger partial charge >= 0.3 is 0 Å². The van der Waals surface area contributed by atoms with Crippen LogP contribution in [0.1, 0.15) is 78.6 Å². The van der Waals surface area contributed by atoms with Gasteiger partial charge < -0.3 is 4.74 Å². The zero-order valence-electron chi connectivity index (χ0n) is 12.5. The van der Waals surface area contributed by atoms with Crippen LogP contribution in [-0.2, 0) is 4.74 Å². The molecular formula is C16H31BrO. The zero-order valence-corrected chi connectivity index (χ0v) is 14.1. The maximum Gasteiger partial charge on any atom is 0.0652 e. The Kier molecular flexibility index (Phi) is 7.86. The van der Waals surface area contributed by atoms with Gasteiger partial charge in [-0.2, -0.15) is 0 Å². The molecular weight excluding hydrogens is 288 g/mol. The number of alkyl halides is 1. The lowest BCUT2D eigenvalue weighted by molar-refractivity contribution is -0.108. The van der Waals surface area contributed by atoms with Crippen LogP contribution in [-0.4, -0.2) is 17.5 Å². The van der Waals surface area contributed by atoms with Gasteiger partial charge in [0.05, 0.1) is 6.10 Å². The zero-order chi connectivity index (χ0) is 13.4. The third kappa shape index (κ3) is 3.96. The van der Waals surface area contributed by atoms with Crippen LogP contribution in [0, 0.1) is 5.41 Å². The summed E-state index contributed by atoms with van der Waals surface area (Å²) >= 11 is 3.82. The number of hydrogen-bond acceptors (Lipinski definition) is 1. The first-order chi connectivity index (χ1) is 8.71. The first-order valence-electron chi connectivity index (χ1n) is 7.96. The van der Waals surface area contributed by atoms with Gasteiger partial charge in [0.1, 0.15) is 0 Å². The Hall–Kier alpha value is 0.440. The largest absolute Gasteiger partial charge is 0.378 e. The van der Waals surface area contributed by atoms with Gasteiger partial charge in [-0.15, -0.1) is 0 Å². The fourth-order valence-electron chi connectivity index (χ4n) is 3.19. The lowest BCUT2D eigenvalue weighted by Crippen LogP contribution is -2.54. The minimum Gasteiger partial charge on any atom is -0.378 e. The second-order valence-electron chi connectivity index (χ2n) is 5.77. The van der Waals surface area contributed by atoms with E-state index in [1.807, 2.05) is 0 Å². The number of ether oxygens (including phenoxy) is 1. The number of halogens is 1. The van der Waals surface area contributed by atoms with E-state index in [1.54, 1.807) is 0 Å². The van der Waals surface area contributed by atoms with E-state index in [0.29, 0.717) is 16.3 Å². The molecule has 2 unspecified atom stereocenters. The van der Waals surface area contributed by atoms with E-state index < -0.39 is 0 Å². The SMILES string of the molecule is CCCCCCCCOC1CC(Br)C1(CC)CC. The van der Waals surface area contributed by atoms with Crippen molar-refractivity contribution in [2.75, 3.05) is 6.61 Å². The Bertz CT molecular complexity index is 213. The second-order valence-corrected chi connectivity index (χ2v) is 6.88. The molecule has 0 amide bonds. The molecule has 18 heavy (non-hydrogen) atoms. The van der Waals surface area contributed by atoms with E-state index in [-0.39, 0.29) is 0 Å². The fraction of sp³-hybridized carbons (Fsp3) is 1.00. The highest BCUT2D eigenvalue weighted by atomic mass is 79.9. The molecule has 1 aliphatic rings. The average molecular weight is 319 g/mol. The standard InChI is InChI=1S/C16H31BrO/c1-4-7-8-9-10-11-12-18-15-13-14(17)16(15,5-2)6-3/h14-15H,4-13H2,1-3H3. The van der Waals surface area contributed by atoms with Gasteiger partial charge in [-0.05, 0) is 25.7 Å². The van der Waals surface area contributed by atoms with Gasteiger partial charge in [-0.1, -0.05) is 68.8 Å². The number of hydrogen-bond donors (Lipinski definition) is 0. The second kappa shape index (κ2) is 8.58. The molecule has 2 heteroatoms. The van der Waals surface area contributed by atoms with E-state index in [0.717, 1.165) is 6.61 Å². The van der Waals surface area contributed by atoms with E-state index in [1.165, 1.54) is 57.8 Å². The molecule has 1 fully saturated rings. The van der Waals surface area contributed by atoms with Crippen molar-refractivity contribution in [3.63, 3.8) is 0 Å². The van der Waals surface area contributed by atoms with Crippen LogP contribution in [0.15, 0.2) is 0 Å². The van der Waals surface area contributed by atoms with Crippen molar-refractivity contribution in [2.24, 2.45) is 5.41 Å². The number of unbranched alkanes of at least 4 members (excludes halogenated alkanes) is 5. The summed E-state index contributed by atoms with van der Waals surface area (Å²) in [6.07, 6.45) is 12.3. The summed E-state index contributed by atoms with van der Waals surface area (Å²) in [6.45, 7) is 7.85. The van der Waals surface area contributed by atoms with Crippen LogP contribution in [0.5, 0.6) is 0 Å². The predicted octanol–water partition coefficient (Wildman–Crippen LogP) is 5.71. The minimum atomic E-state index is 0.419. The van der Waals surface area contributed by atoms with Crippen LogP contribution >= 0.6 is 15.9 Å². The smallest absolute Gasteiger partial charge is 0.0652 e. The van der Waals surface area contributed by atoms with E-state index in [9.17, 15) is 0 Å². The van der Waals surface area contributed by atoms with E-state index in [2.05, 4.69) is 36.7 Å². The molecule has 2 atom stereocenters. The predicted molar refractivity (Wildman–Crippen MR) is 83.5 cm³/mol. The van der Waals surface area contributed by atoms with Gasteiger partial charge in [0.25, 0.3) is 0 Å². The van der Waals surface area contributed by atoms with Gasteiger partial charge in [0.15, 0.2) is 0 Å². The number of rotatable bonds is 10. The molecule has 0 radical (unpaired) electrons. The Balaban J connectivity index is 2.09. The maximum atomic E-state index is 6.12. The van der Waals surface area contributed by atoms with E-state index >= 15 is 0 Å². The monoisotopic (exact) mass is 318 g/mol. The minimum absolute atomic E-state index is 0.419. The molecule has 1 rings (SSSR count). The molecule has 0 N–H and O–H groups in total. The van der Waals surface area contributed by atoms with Crippen molar-refractivity contribution in [2.45, 2.75) is 89.5 Å². The first kappa shape index (κ1) is 16.5. The summed E-state index contributed by atoms with van der Waals surface area (Å²) < 4.78 is 6.12. The molecule has 108 valence electrons. The first-order valence-corrected chi connectivity index (χ1v) is 8.88. The van der Waals surface area contributed by atoms with Crippen molar-refractivity contribution in [1.29, 1.82) is 0 Å². The quantitative estimate of drug-likeness (QED) is 0.370. The molecule has 1 nitrogen and oxygen atoms in total. The van der Waals surface area contributed by atoms with E-state index in [4.69, 9.17) is 4.74 Å². The molecule has 0 aromatic heterocycles. The molecule has 0 bridgehead atoms. The molecule has 1 saturated carbocycles. The molecule has 1 aliphatic carbocycles. The summed E-state index contributed by atoms with van der Waals surface area (Å²) in [5, 5.41) is 0. The Morgan fingerprint density at radius 2 is 1.61 bits per heavy atom. The van der Waals surface area contributed by atoms with Crippen molar-refractivity contribution >= 4 is 15.9 Å². The lowest BCUT2D eigenvalue weighted by atomic mass is 9.62. The van der Waals surface area contributed by atoms with Gasteiger partial charge in [0, 0.05) is 16.8 Å². The molecule has 0 aromatic rings. The molecule has 0 aliphatic heterocycles. The topological polar surface area (TPSA) is 9.23 Å². The van der Waals surface area contributed by atoms with Crippen LogP contribution in [0.2, 0.25) is 0 Å². The average Bonchev–Trinajstić information content (AvgIpc) is 2.38. The van der Waals surface area contributed by atoms with Crippen molar-refractivity contribution in [3.05, 3.63) is 0 Å². The van der Waals surface area contributed by atoms with Crippen LogP contribution in [0.4, 0.5) is 0 Å². The maximum absolute atomic E-state index is 6.12. The lowest BCUT2D eigenvalue weighted by Gasteiger charge is -2.53. The van der Waals surface area contributed by atoms with Crippen molar-refractivity contribution < 1.29 is 4.74 Å². The highest BCUT2D eigenvalue weighted by Crippen LogP contribution is 2.52. The van der Waals surface area contributed by atoms with Crippen molar-refractivity contribution in [1.82, 2.24) is 0 Å². The van der Waals surface area contributed by atoms with Gasteiger partial charge in [0.2, 0.25) is 0 Å². The third-order valence-electron chi connectivity index (χ3n) is 4.82. The highest BCUT2D eigenvalue weighted by molar-refractivity contribution is 9.09. The van der Waals surface area contributed by atoms with Gasteiger partial charge in [-0.3, -0.25) is 0 Å². The van der Waals surface area contributed by atoms with Crippen molar-refractivity contribution in [3.8, 4) is 0 Å². The van der Waals surface area contributed by atoms with Crippen LogP contribution in [0.25, 0.3) is 0 Å². The summed E-state index contributed by atoms with van der Waals surface area (Å²) in [7, 11) is 0. The summed E-state index contributed by atoms with van der Waals surface area (Å²) in [4.78, 5) is 0.676. The third-order valence-corrected chi connectivity index (χ3v) is 6.11. The summed E-state index contributed by atoms with van der Waals surface area (Å²) in [5.74, 6) is 0. The van der Waals surface area contributed by atoms with Crippen LogP contribution < -0.4 is 0 Å². The highest BCUT2D eigenvalue weighted by Gasteiger charge is 2.51. The Morgan fingerprint density at radius 1 is 1.00 bits per heavy atom. The van der Waals surface area contributed by atoms with Crippen LogP contribution in [0.3, 0.4) is 0 Å². The fourth-order valence-corrected chi connectivity index (χ4v) is 4.47. The summed E-state index contributed by atoms with van der Waals surface area (Å²) in [5.41, 5.74) is 0.419. The Morgan fingerprint density at radius 3 is 2.17 bits per heavy atom. The Labute approximate surface area is 122 Å². The normalized spacial score (nSPS) is 26.0. The molecule has 0 heterocycles. The molecule has 0 spiro atoms. The molecule has 0 saturated heterocycles. The van der Waals surface area contributed by atoms with Gasteiger partial charge in [-0.25, -0.2) is 0 Å². The molecule has 0 aromatic carbocycles. The summed E-state index contributed by atoms with van der Waals surface area (Å²) in [6, 6.07) is 0.